The number of nitrogens with one attached hydrogen (secondary N) is 2. The Labute approximate surface area is 164 Å². The molecular weight excluding hydrogens is 408 g/mol. The molecule has 27 heavy (non-hydrogen) atoms. The van der Waals surface area contributed by atoms with Crippen molar-refractivity contribution in [1.82, 2.24) is 9.10 Å². The van der Waals surface area contributed by atoms with Gasteiger partial charge in [0.05, 0.1) is 17.3 Å². The predicted molar refractivity (Wildman–Crippen MR) is 105 cm³/mol. The number of aromatic nitrogens is 1. The third-order valence-corrected chi connectivity index (χ3v) is 5.99. The van der Waals surface area contributed by atoms with Crippen molar-refractivity contribution in [3.63, 3.8) is 0 Å². The number of nitrogens with zero attached hydrogens (tertiary/aromatic N) is 2. The van der Waals surface area contributed by atoms with Gasteiger partial charge in [-0.25, -0.2) is 18.1 Å². The average Bonchev–Trinajstić information content (AvgIpc) is 3.16. The van der Waals surface area contributed by atoms with Gasteiger partial charge in [0.2, 0.25) is 5.96 Å². The zero-order valence-electron chi connectivity index (χ0n) is 13.7. The molecule has 7 nitrogen and oxygen atoms in total. The zero-order chi connectivity index (χ0) is 18.9. The summed E-state index contributed by atoms with van der Waals surface area (Å²) in [5, 5.41) is 5.24. The molecule has 0 amide bonds. The molecule has 4 rings (SSSR count). The van der Waals surface area contributed by atoms with Crippen molar-refractivity contribution in [2.75, 3.05) is 5.32 Å². The molecule has 0 spiro atoms. The quantitative estimate of drug-likeness (QED) is 0.668. The fraction of sp³-hybridized carbons (Fsp3) is 0.0588. The Bertz CT molecular complexity index is 1110. The summed E-state index contributed by atoms with van der Waals surface area (Å²) in [4.78, 5) is 4.33. The molecule has 2 aromatic carbocycles. The van der Waals surface area contributed by atoms with Gasteiger partial charge in [-0.05, 0) is 41.9 Å². The van der Waals surface area contributed by atoms with Gasteiger partial charge in [0.15, 0.2) is 5.75 Å². The minimum Gasteiger partial charge on any atom is -0.454 e. The summed E-state index contributed by atoms with van der Waals surface area (Å²) in [5.74, 6) is 0.851. The first-order chi connectivity index (χ1) is 13.0. The second-order valence-corrected chi connectivity index (χ2v) is 8.27. The van der Waals surface area contributed by atoms with Crippen molar-refractivity contribution in [3.05, 3.63) is 64.6 Å². The van der Waals surface area contributed by atoms with Crippen LogP contribution >= 0.6 is 23.1 Å². The highest BCUT2D eigenvalue weighted by molar-refractivity contribution is 7.90. The highest BCUT2D eigenvalue weighted by Crippen LogP contribution is 2.38. The number of ether oxygens (including phenoxy) is 1. The van der Waals surface area contributed by atoms with Gasteiger partial charge >= 0.3 is 0 Å². The maximum absolute atomic E-state index is 12.6. The van der Waals surface area contributed by atoms with Crippen molar-refractivity contribution < 1.29 is 13.2 Å². The van der Waals surface area contributed by atoms with E-state index in [1.54, 1.807) is 36.4 Å². The lowest BCUT2D eigenvalue weighted by Crippen LogP contribution is -2.40. The van der Waals surface area contributed by atoms with Crippen molar-refractivity contribution >= 4 is 44.8 Å². The maximum Gasteiger partial charge on any atom is 0.266 e. The van der Waals surface area contributed by atoms with Gasteiger partial charge in [-0.1, -0.05) is 29.8 Å². The topological polar surface area (TPSA) is 92.7 Å². The number of halogens is 1. The van der Waals surface area contributed by atoms with E-state index in [9.17, 15) is 8.42 Å². The molecule has 138 valence electrons. The van der Waals surface area contributed by atoms with Crippen molar-refractivity contribution in [1.29, 1.82) is 0 Å². The van der Waals surface area contributed by atoms with Crippen molar-refractivity contribution in [2.45, 2.75) is 11.4 Å². The molecule has 1 aliphatic rings. The molecule has 0 aliphatic carbocycles. The molecule has 2 N–H and O–H groups in total. The molecule has 1 aliphatic heterocycles. The number of para-hydroxylation sites is 2. The third-order valence-electron chi connectivity index (χ3n) is 3.70. The maximum atomic E-state index is 12.6. The van der Waals surface area contributed by atoms with Crippen LogP contribution in [0.4, 0.5) is 5.69 Å². The fourth-order valence-corrected chi connectivity index (χ4v) is 4.33. The molecule has 0 saturated heterocycles. The summed E-state index contributed by atoms with van der Waals surface area (Å²) in [5.41, 5.74) is 1.05. The molecule has 0 bridgehead atoms. The first-order valence-electron chi connectivity index (χ1n) is 7.82. The van der Waals surface area contributed by atoms with Gasteiger partial charge in [0.25, 0.3) is 10.0 Å². The molecule has 0 atom stereocenters. The Hall–Kier alpha value is -2.62. The van der Waals surface area contributed by atoms with E-state index in [1.807, 2.05) is 11.4 Å². The van der Waals surface area contributed by atoms with Crippen molar-refractivity contribution in [3.8, 4) is 11.5 Å². The van der Waals surface area contributed by atoms with E-state index in [-0.39, 0.29) is 17.4 Å². The van der Waals surface area contributed by atoms with E-state index in [2.05, 4.69) is 19.4 Å². The second-order valence-electron chi connectivity index (χ2n) is 5.55. The number of sulfonamides is 1. The minimum atomic E-state index is -3.78. The third kappa shape index (κ3) is 3.75. The summed E-state index contributed by atoms with van der Waals surface area (Å²) in [6.07, 6.45) is 0. The highest BCUT2D eigenvalue weighted by Gasteiger charge is 2.29. The van der Waals surface area contributed by atoms with Crippen LogP contribution in [0, 0.1) is 0 Å². The van der Waals surface area contributed by atoms with E-state index < -0.39 is 10.0 Å². The van der Waals surface area contributed by atoms with Gasteiger partial charge in [-0.2, -0.15) is 4.37 Å². The van der Waals surface area contributed by atoms with Crippen LogP contribution in [-0.4, -0.2) is 18.8 Å². The van der Waals surface area contributed by atoms with Crippen LogP contribution in [0.1, 0.15) is 5.69 Å². The van der Waals surface area contributed by atoms with Gasteiger partial charge in [-0.15, -0.1) is 0 Å². The minimum absolute atomic E-state index is 0.0691. The molecule has 2 heterocycles. The number of aliphatic imine (C=N–C) groups is 1. The molecular formula is C17H13ClN4O3S2. The second kappa shape index (κ2) is 7.18. The lowest BCUT2D eigenvalue weighted by atomic mass is 10.2. The number of guanidine groups is 1. The lowest BCUT2D eigenvalue weighted by Gasteiger charge is -2.23. The summed E-state index contributed by atoms with van der Waals surface area (Å²) in [7, 11) is -3.78. The Kier molecular flexibility index (Phi) is 4.73. The fourth-order valence-electron chi connectivity index (χ4n) is 2.47. The number of fused-ring (bicyclic) bond motifs is 1. The largest absolute Gasteiger partial charge is 0.454 e. The Morgan fingerprint density at radius 3 is 2.70 bits per heavy atom. The van der Waals surface area contributed by atoms with Crippen LogP contribution in [0.15, 0.2) is 63.8 Å². The van der Waals surface area contributed by atoms with Gasteiger partial charge in [0, 0.05) is 5.38 Å². The lowest BCUT2D eigenvalue weighted by molar-refractivity contribution is 0.483. The van der Waals surface area contributed by atoms with E-state index in [4.69, 9.17) is 16.3 Å². The van der Waals surface area contributed by atoms with Gasteiger partial charge in [0.1, 0.15) is 16.3 Å². The average molecular weight is 421 g/mol. The molecule has 10 heteroatoms. The Morgan fingerprint density at radius 1 is 1.11 bits per heavy atom. The Balaban J connectivity index is 1.70. The first-order valence-corrected chi connectivity index (χ1v) is 10.5. The molecule has 0 saturated carbocycles. The van der Waals surface area contributed by atoms with Gasteiger partial charge < -0.3 is 10.1 Å². The summed E-state index contributed by atoms with van der Waals surface area (Å²) >= 11 is 7.45. The number of hydrogen-bond donors (Lipinski definition) is 2. The van der Waals surface area contributed by atoms with Crippen LogP contribution in [0.2, 0.25) is 5.02 Å². The number of rotatable bonds is 4. The van der Waals surface area contributed by atoms with Crippen LogP contribution in [-0.2, 0) is 16.6 Å². The number of hydrogen-bond acceptors (Lipinski definition) is 6. The summed E-state index contributed by atoms with van der Waals surface area (Å²) < 4.78 is 37.6. The Morgan fingerprint density at radius 2 is 1.93 bits per heavy atom. The number of benzene rings is 2. The zero-order valence-corrected chi connectivity index (χ0v) is 16.1. The summed E-state index contributed by atoms with van der Waals surface area (Å²) in [6, 6.07) is 13.5. The van der Waals surface area contributed by atoms with Crippen LogP contribution in [0.25, 0.3) is 0 Å². The molecule has 0 fully saturated rings. The molecule has 1 aromatic heterocycles. The number of anilines is 1. The van der Waals surface area contributed by atoms with E-state index in [0.29, 0.717) is 22.2 Å². The summed E-state index contributed by atoms with van der Waals surface area (Å²) in [6.45, 7) is 0.247. The van der Waals surface area contributed by atoms with Crippen LogP contribution in [0.3, 0.4) is 0 Å². The van der Waals surface area contributed by atoms with Gasteiger partial charge in [-0.3, -0.25) is 0 Å². The van der Waals surface area contributed by atoms with Crippen LogP contribution in [0.5, 0.6) is 11.5 Å². The normalized spacial score (nSPS) is 16.3. The first kappa shape index (κ1) is 17.8. The monoisotopic (exact) mass is 420 g/mol. The molecule has 3 aromatic rings. The predicted octanol–water partition coefficient (Wildman–Crippen LogP) is 3.85. The van der Waals surface area contributed by atoms with E-state index in [0.717, 1.165) is 5.69 Å². The van der Waals surface area contributed by atoms with Crippen LogP contribution < -0.4 is 14.8 Å². The molecule has 0 radical (unpaired) electrons. The van der Waals surface area contributed by atoms with E-state index in [1.165, 1.54) is 17.6 Å². The van der Waals surface area contributed by atoms with Crippen molar-refractivity contribution in [2.24, 2.45) is 4.99 Å². The highest BCUT2D eigenvalue weighted by atomic mass is 35.5. The SMILES string of the molecule is O=S1(=O)NC(=NCc2ccsn2)Nc2c(Oc3ccccc3Cl)cccc21. The standard InChI is InChI=1S/C17H13ClN4O3S2/c18-12-4-1-2-5-13(12)25-14-6-3-7-15-16(14)20-17(22-27(15,23)24)19-10-11-8-9-26-21-11/h1-9H,10H2,(H2,19,20,22). The molecule has 0 unspecified atom stereocenters. The van der Waals surface area contributed by atoms with E-state index >= 15 is 0 Å². The smallest absolute Gasteiger partial charge is 0.266 e.